The first-order valence-electron chi connectivity index (χ1n) is 5.98. The molecule has 5 heteroatoms. The molecule has 1 rings (SSSR count). The Balaban J connectivity index is 2.48. The second-order valence-corrected chi connectivity index (χ2v) is 6.44. The van der Waals surface area contributed by atoms with Gasteiger partial charge in [-0.15, -0.1) is 11.8 Å². The molecule has 0 aliphatic heterocycles. The number of carboxylic acids is 1. The maximum atomic E-state index is 11.9. The molecule has 0 aromatic heterocycles. The number of carboxylic acid groups (broad SMARTS) is 1. The van der Waals surface area contributed by atoms with Crippen LogP contribution in [0.15, 0.2) is 30.3 Å². The zero-order valence-corrected chi connectivity index (χ0v) is 12.2. The topological polar surface area (TPSA) is 57.6 Å². The van der Waals surface area contributed by atoms with Crippen LogP contribution in [0, 0.1) is 0 Å². The first-order valence-corrected chi connectivity index (χ1v) is 6.97. The molecule has 0 unspecified atom stereocenters. The second kappa shape index (κ2) is 6.61. The minimum absolute atomic E-state index is 0.0665. The van der Waals surface area contributed by atoms with Gasteiger partial charge < -0.3 is 10.0 Å². The largest absolute Gasteiger partial charge is 0.480 e. The lowest BCUT2D eigenvalue weighted by molar-refractivity contribution is -0.138. The van der Waals surface area contributed by atoms with Gasteiger partial charge in [-0.25, -0.2) is 0 Å². The monoisotopic (exact) mass is 281 g/mol. The van der Waals surface area contributed by atoms with Crippen molar-refractivity contribution >= 4 is 23.6 Å². The number of carbonyl (C=O) groups excluding carboxylic acids is 1. The summed E-state index contributed by atoms with van der Waals surface area (Å²) >= 11 is 1.14. The highest BCUT2D eigenvalue weighted by Gasteiger charge is 2.28. The minimum Gasteiger partial charge on any atom is -0.480 e. The number of hydrogen-bond acceptors (Lipinski definition) is 3. The van der Waals surface area contributed by atoms with E-state index in [1.54, 1.807) is 25.8 Å². The Morgan fingerprint density at radius 2 is 1.84 bits per heavy atom. The van der Waals surface area contributed by atoms with Gasteiger partial charge >= 0.3 is 5.97 Å². The Kier molecular flexibility index (Phi) is 5.42. The molecular formula is C14H19NO3S. The fourth-order valence-electron chi connectivity index (χ4n) is 1.36. The van der Waals surface area contributed by atoms with Gasteiger partial charge in [-0.3, -0.25) is 9.59 Å². The number of hydrogen-bond donors (Lipinski definition) is 1. The van der Waals surface area contributed by atoms with Gasteiger partial charge in [-0.05, 0) is 19.4 Å². The van der Waals surface area contributed by atoms with E-state index < -0.39 is 10.7 Å². The highest BCUT2D eigenvalue weighted by molar-refractivity contribution is 8.01. The van der Waals surface area contributed by atoms with Crippen molar-refractivity contribution in [2.24, 2.45) is 0 Å². The van der Waals surface area contributed by atoms with Crippen LogP contribution < -0.4 is 0 Å². The highest BCUT2D eigenvalue weighted by Crippen LogP contribution is 2.24. The Hall–Kier alpha value is -1.49. The van der Waals surface area contributed by atoms with E-state index in [-0.39, 0.29) is 11.7 Å². The van der Waals surface area contributed by atoms with Crippen LogP contribution in [0.4, 0.5) is 0 Å². The third kappa shape index (κ3) is 4.95. The molecule has 0 aliphatic rings. The van der Waals surface area contributed by atoms with Gasteiger partial charge in [0.2, 0.25) is 5.91 Å². The molecule has 0 saturated carbocycles. The van der Waals surface area contributed by atoms with Crippen molar-refractivity contribution in [2.45, 2.75) is 25.1 Å². The molecule has 0 saturated heterocycles. The quantitative estimate of drug-likeness (QED) is 0.869. The molecule has 0 fully saturated rings. The first-order chi connectivity index (χ1) is 8.83. The van der Waals surface area contributed by atoms with Crippen LogP contribution in [0.5, 0.6) is 0 Å². The lowest BCUT2D eigenvalue weighted by Crippen LogP contribution is -2.33. The average Bonchev–Trinajstić information content (AvgIpc) is 2.37. The Morgan fingerprint density at radius 3 is 2.37 bits per heavy atom. The maximum Gasteiger partial charge on any atom is 0.319 e. The Morgan fingerprint density at radius 1 is 1.26 bits per heavy atom. The predicted octanol–water partition coefficient (Wildman–Crippen LogP) is 2.24. The maximum absolute atomic E-state index is 11.9. The Labute approximate surface area is 117 Å². The highest BCUT2D eigenvalue weighted by atomic mass is 32.2. The lowest BCUT2D eigenvalue weighted by atomic mass is 10.2. The van der Waals surface area contributed by atoms with Gasteiger partial charge in [-0.1, -0.05) is 30.3 Å². The molecule has 1 aromatic carbocycles. The summed E-state index contributed by atoms with van der Waals surface area (Å²) in [5, 5.41) is 8.98. The number of aliphatic carboxylic acids is 1. The molecule has 0 heterocycles. The third-order valence-electron chi connectivity index (χ3n) is 2.76. The van der Waals surface area contributed by atoms with Crippen molar-refractivity contribution in [2.75, 3.05) is 12.8 Å². The van der Waals surface area contributed by atoms with Gasteiger partial charge in [0.05, 0.1) is 5.75 Å². The van der Waals surface area contributed by atoms with Crippen molar-refractivity contribution < 1.29 is 14.7 Å². The van der Waals surface area contributed by atoms with Crippen molar-refractivity contribution in [1.29, 1.82) is 0 Å². The molecular weight excluding hydrogens is 262 g/mol. The minimum atomic E-state index is -0.941. The van der Waals surface area contributed by atoms with Gasteiger partial charge in [0.1, 0.15) is 4.75 Å². The average molecular weight is 281 g/mol. The van der Waals surface area contributed by atoms with Crippen molar-refractivity contribution in [3.8, 4) is 0 Å². The summed E-state index contributed by atoms with van der Waals surface area (Å²) in [6.45, 7) is 3.74. The van der Waals surface area contributed by atoms with Crippen LogP contribution >= 0.6 is 11.8 Å². The van der Waals surface area contributed by atoms with Crippen LogP contribution in [0.1, 0.15) is 19.4 Å². The molecule has 1 aromatic rings. The van der Waals surface area contributed by atoms with E-state index in [0.29, 0.717) is 6.54 Å². The molecule has 19 heavy (non-hydrogen) atoms. The number of thioether (sulfide) groups is 1. The summed E-state index contributed by atoms with van der Waals surface area (Å²) in [5.74, 6) is -0.804. The summed E-state index contributed by atoms with van der Waals surface area (Å²) in [6.07, 6.45) is 0. The second-order valence-electron chi connectivity index (χ2n) is 4.84. The molecule has 0 spiro atoms. The third-order valence-corrected chi connectivity index (χ3v) is 4.05. The number of benzene rings is 1. The predicted molar refractivity (Wildman–Crippen MR) is 77.1 cm³/mol. The van der Waals surface area contributed by atoms with Crippen molar-refractivity contribution in [3.05, 3.63) is 35.9 Å². The van der Waals surface area contributed by atoms with Crippen LogP contribution in [0.2, 0.25) is 0 Å². The molecule has 1 amide bonds. The zero-order valence-electron chi connectivity index (χ0n) is 11.4. The van der Waals surface area contributed by atoms with E-state index in [2.05, 4.69) is 0 Å². The van der Waals surface area contributed by atoms with E-state index in [1.807, 2.05) is 30.3 Å². The molecule has 0 radical (unpaired) electrons. The molecule has 104 valence electrons. The molecule has 0 aliphatic carbocycles. The summed E-state index contributed by atoms with van der Waals surface area (Å²) in [4.78, 5) is 24.5. The van der Waals surface area contributed by atoms with Crippen LogP contribution in [0.25, 0.3) is 0 Å². The van der Waals surface area contributed by atoms with E-state index in [1.165, 1.54) is 0 Å². The van der Waals surface area contributed by atoms with Crippen LogP contribution in [-0.4, -0.2) is 39.4 Å². The Bertz CT molecular complexity index is 445. The molecule has 4 nitrogen and oxygen atoms in total. The van der Waals surface area contributed by atoms with Crippen LogP contribution in [-0.2, 0) is 16.1 Å². The molecule has 0 atom stereocenters. The van der Waals surface area contributed by atoms with Gasteiger partial charge in [0, 0.05) is 13.6 Å². The number of amides is 1. The van der Waals surface area contributed by atoms with Gasteiger partial charge in [-0.2, -0.15) is 0 Å². The summed E-state index contributed by atoms with van der Waals surface area (Å²) < 4.78 is -0.941. The number of carbonyl (C=O) groups is 2. The lowest BCUT2D eigenvalue weighted by Gasteiger charge is -2.21. The van der Waals surface area contributed by atoms with E-state index >= 15 is 0 Å². The first kappa shape index (κ1) is 15.6. The smallest absolute Gasteiger partial charge is 0.319 e. The summed E-state index contributed by atoms with van der Waals surface area (Å²) in [6, 6.07) is 9.69. The van der Waals surface area contributed by atoms with Crippen LogP contribution in [0.3, 0.4) is 0 Å². The van der Waals surface area contributed by atoms with Gasteiger partial charge in [0.15, 0.2) is 0 Å². The fraction of sp³-hybridized carbons (Fsp3) is 0.429. The molecule has 1 N–H and O–H groups in total. The standard InChI is InChI=1S/C14H19NO3S/c1-14(2,13(17)18)19-10-12(16)15(3)9-11-7-5-4-6-8-11/h4-8H,9-10H2,1-3H3,(H,17,18). The number of nitrogens with zero attached hydrogens (tertiary/aromatic N) is 1. The number of rotatable bonds is 6. The van der Waals surface area contributed by atoms with Crippen molar-refractivity contribution in [1.82, 2.24) is 4.90 Å². The molecule has 0 bridgehead atoms. The van der Waals surface area contributed by atoms with E-state index in [4.69, 9.17) is 5.11 Å². The fourth-order valence-corrected chi connectivity index (χ4v) is 2.19. The van der Waals surface area contributed by atoms with Gasteiger partial charge in [0.25, 0.3) is 0 Å². The SMILES string of the molecule is CN(Cc1ccccc1)C(=O)CSC(C)(C)C(=O)O. The summed E-state index contributed by atoms with van der Waals surface area (Å²) in [7, 11) is 1.73. The summed E-state index contributed by atoms with van der Waals surface area (Å²) in [5.41, 5.74) is 1.06. The van der Waals surface area contributed by atoms with Crippen molar-refractivity contribution in [3.63, 3.8) is 0 Å². The zero-order chi connectivity index (χ0) is 14.5. The van der Waals surface area contributed by atoms with E-state index in [9.17, 15) is 9.59 Å². The normalized spacial score (nSPS) is 11.1. The van der Waals surface area contributed by atoms with E-state index in [0.717, 1.165) is 17.3 Å².